The summed E-state index contributed by atoms with van der Waals surface area (Å²) in [6, 6.07) is 30.6. The van der Waals surface area contributed by atoms with Crippen LogP contribution in [0.4, 0.5) is 10.7 Å². The van der Waals surface area contributed by atoms with E-state index < -0.39 is 23.0 Å². The first kappa shape index (κ1) is 36.6. The Bertz CT molecular complexity index is 2060. The van der Waals surface area contributed by atoms with Gasteiger partial charge in [0.25, 0.3) is 11.8 Å². The molecule has 0 aliphatic heterocycles. The highest BCUT2D eigenvalue weighted by Gasteiger charge is 2.25. The van der Waals surface area contributed by atoms with E-state index in [2.05, 4.69) is 16.0 Å². The number of anilines is 2. The number of thioether (sulfide) groups is 1. The molecule has 4 aromatic carbocycles. The van der Waals surface area contributed by atoms with Gasteiger partial charge in [-0.1, -0.05) is 66.2 Å². The van der Waals surface area contributed by atoms with Crippen LogP contribution < -0.4 is 20.7 Å². The van der Waals surface area contributed by atoms with Gasteiger partial charge in [0.05, 0.1) is 19.0 Å². The van der Waals surface area contributed by atoms with Crippen molar-refractivity contribution in [2.75, 3.05) is 24.4 Å². The number of thiophene rings is 1. The van der Waals surface area contributed by atoms with Crippen molar-refractivity contribution < 1.29 is 28.7 Å². The minimum atomic E-state index is -0.565. The van der Waals surface area contributed by atoms with Gasteiger partial charge >= 0.3 is 5.97 Å². The maximum atomic E-state index is 13.6. The molecule has 0 radical (unpaired) electrons. The van der Waals surface area contributed by atoms with Crippen molar-refractivity contribution in [2.24, 2.45) is 0 Å². The van der Waals surface area contributed by atoms with Gasteiger partial charge in [0, 0.05) is 27.1 Å². The second kappa shape index (κ2) is 17.3. The SMILES string of the molecule is CCOC(=O)c1c(-c2ccc(C)cc2)csc1NC(=O)C(C)Sc1cccc(NC(=O)/C(=C/c2cccc(OC)c2)NC(=O)c2ccccc2)c1. The third kappa shape index (κ3) is 9.74. The van der Waals surface area contributed by atoms with E-state index in [0.717, 1.165) is 16.0 Å². The number of nitrogens with one attached hydrogen (secondary N) is 3. The van der Waals surface area contributed by atoms with E-state index in [0.29, 0.717) is 38.7 Å². The highest BCUT2D eigenvalue weighted by molar-refractivity contribution is 8.00. The number of carbonyl (C=O) groups is 4. The number of esters is 1. The Kier molecular flexibility index (Phi) is 12.4. The summed E-state index contributed by atoms with van der Waals surface area (Å²) < 4.78 is 10.7. The Labute approximate surface area is 305 Å². The van der Waals surface area contributed by atoms with Crippen LogP contribution in [-0.2, 0) is 14.3 Å². The smallest absolute Gasteiger partial charge is 0.341 e. The van der Waals surface area contributed by atoms with Crippen LogP contribution in [-0.4, -0.2) is 42.7 Å². The molecule has 11 heteroatoms. The summed E-state index contributed by atoms with van der Waals surface area (Å²) in [4.78, 5) is 53.8. The van der Waals surface area contributed by atoms with E-state index in [9.17, 15) is 19.2 Å². The lowest BCUT2D eigenvalue weighted by Crippen LogP contribution is -2.30. The zero-order valence-electron chi connectivity index (χ0n) is 28.5. The summed E-state index contributed by atoms with van der Waals surface area (Å²) in [6.45, 7) is 5.69. The van der Waals surface area contributed by atoms with Crippen LogP contribution in [0.2, 0.25) is 0 Å². The number of benzene rings is 4. The number of hydrogen-bond donors (Lipinski definition) is 3. The molecule has 0 spiro atoms. The standard InChI is InChI=1S/C40H37N3O6S2/c1-5-49-40(47)35-33(28-19-17-25(2)18-20-28)24-50-39(35)43-36(44)26(3)51-32-16-10-14-30(23-32)41-38(46)34(22-27-11-9-15-31(21-27)48-4)42-37(45)29-12-7-6-8-13-29/h6-24,26H,5H2,1-4H3,(H,41,46)(H,42,45)(H,43,44)/b34-22-. The van der Waals surface area contributed by atoms with Gasteiger partial charge in [0.15, 0.2) is 0 Å². The number of aryl methyl sites for hydroxylation is 1. The molecule has 9 nitrogen and oxygen atoms in total. The molecular weight excluding hydrogens is 683 g/mol. The summed E-state index contributed by atoms with van der Waals surface area (Å²) in [5.74, 6) is -1.18. The molecule has 1 unspecified atom stereocenters. The van der Waals surface area contributed by atoms with Gasteiger partial charge < -0.3 is 25.4 Å². The lowest BCUT2D eigenvalue weighted by Gasteiger charge is -2.14. The molecule has 1 heterocycles. The van der Waals surface area contributed by atoms with Crippen LogP contribution in [0.15, 0.2) is 119 Å². The van der Waals surface area contributed by atoms with E-state index in [-0.39, 0.29) is 18.2 Å². The van der Waals surface area contributed by atoms with Crippen molar-refractivity contribution >= 4 is 63.6 Å². The van der Waals surface area contributed by atoms with Crippen LogP contribution in [0.1, 0.15) is 45.7 Å². The Balaban J connectivity index is 1.31. The number of carbonyl (C=O) groups excluding carboxylic acids is 4. The van der Waals surface area contributed by atoms with Crippen molar-refractivity contribution in [2.45, 2.75) is 30.9 Å². The van der Waals surface area contributed by atoms with Crippen LogP contribution in [0.25, 0.3) is 17.2 Å². The molecule has 0 fully saturated rings. The molecule has 51 heavy (non-hydrogen) atoms. The van der Waals surface area contributed by atoms with Crippen LogP contribution >= 0.6 is 23.1 Å². The predicted octanol–water partition coefficient (Wildman–Crippen LogP) is 8.44. The highest BCUT2D eigenvalue weighted by Crippen LogP contribution is 2.37. The van der Waals surface area contributed by atoms with Gasteiger partial charge in [0.1, 0.15) is 22.0 Å². The Hall–Kier alpha value is -5.65. The third-order valence-electron chi connectivity index (χ3n) is 7.58. The first-order valence-electron chi connectivity index (χ1n) is 16.1. The van der Waals surface area contributed by atoms with E-state index >= 15 is 0 Å². The predicted molar refractivity (Wildman–Crippen MR) is 204 cm³/mol. The summed E-state index contributed by atoms with van der Waals surface area (Å²) in [5.41, 5.74) is 4.50. The van der Waals surface area contributed by atoms with E-state index in [1.165, 1.54) is 23.1 Å². The Morgan fingerprint density at radius 2 is 1.63 bits per heavy atom. The van der Waals surface area contributed by atoms with Gasteiger partial charge in [-0.3, -0.25) is 14.4 Å². The molecule has 5 aromatic rings. The summed E-state index contributed by atoms with van der Waals surface area (Å²) >= 11 is 2.56. The number of rotatable bonds is 13. The molecule has 0 bridgehead atoms. The summed E-state index contributed by atoms with van der Waals surface area (Å²) in [7, 11) is 1.55. The fraction of sp³-hybridized carbons (Fsp3) is 0.150. The molecule has 1 aromatic heterocycles. The molecule has 5 rings (SSSR count). The molecule has 0 saturated heterocycles. The van der Waals surface area contributed by atoms with Crippen molar-refractivity contribution in [3.05, 3.63) is 136 Å². The molecule has 3 amide bonds. The van der Waals surface area contributed by atoms with Gasteiger partial charge in [-0.15, -0.1) is 23.1 Å². The average Bonchev–Trinajstić information content (AvgIpc) is 3.55. The first-order chi connectivity index (χ1) is 24.6. The average molecular weight is 720 g/mol. The van der Waals surface area contributed by atoms with E-state index in [4.69, 9.17) is 9.47 Å². The molecule has 1 atom stereocenters. The van der Waals surface area contributed by atoms with Crippen LogP contribution in [0, 0.1) is 6.92 Å². The summed E-state index contributed by atoms with van der Waals surface area (Å²) in [5, 5.41) is 10.2. The molecular formula is C40H37N3O6S2. The van der Waals surface area contributed by atoms with Gasteiger partial charge in [-0.2, -0.15) is 0 Å². The van der Waals surface area contributed by atoms with Gasteiger partial charge in [-0.05, 0) is 80.4 Å². The second-order valence-corrected chi connectivity index (χ2v) is 13.6. The zero-order chi connectivity index (χ0) is 36.3. The molecule has 0 aliphatic rings. The Morgan fingerprint density at radius 3 is 2.35 bits per heavy atom. The minimum absolute atomic E-state index is 0.0290. The van der Waals surface area contributed by atoms with E-state index in [1.807, 2.05) is 42.6 Å². The first-order valence-corrected chi connectivity index (χ1v) is 17.9. The number of hydrogen-bond acceptors (Lipinski definition) is 8. The van der Waals surface area contributed by atoms with Crippen LogP contribution in [0.3, 0.4) is 0 Å². The highest BCUT2D eigenvalue weighted by atomic mass is 32.2. The molecule has 0 aliphatic carbocycles. The minimum Gasteiger partial charge on any atom is -0.497 e. The second-order valence-electron chi connectivity index (χ2n) is 11.3. The van der Waals surface area contributed by atoms with Gasteiger partial charge in [0.2, 0.25) is 5.91 Å². The monoisotopic (exact) mass is 719 g/mol. The molecule has 0 saturated carbocycles. The Morgan fingerprint density at radius 1 is 0.882 bits per heavy atom. The largest absolute Gasteiger partial charge is 0.497 e. The topological polar surface area (TPSA) is 123 Å². The van der Waals surface area contributed by atoms with E-state index in [1.54, 1.807) is 99.8 Å². The molecule has 3 N–H and O–H groups in total. The summed E-state index contributed by atoms with van der Waals surface area (Å²) in [6.07, 6.45) is 1.57. The fourth-order valence-electron chi connectivity index (χ4n) is 4.96. The van der Waals surface area contributed by atoms with Crippen molar-refractivity contribution in [3.63, 3.8) is 0 Å². The number of amides is 3. The lowest BCUT2D eigenvalue weighted by atomic mass is 10.0. The van der Waals surface area contributed by atoms with Crippen molar-refractivity contribution in [3.8, 4) is 16.9 Å². The third-order valence-corrected chi connectivity index (χ3v) is 9.57. The lowest BCUT2D eigenvalue weighted by molar-refractivity contribution is -0.115. The van der Waals surface area contributed by atoms with Crippen LogP contribution in [0.5, 0.6) is 5.75 Å². The van der Waals surface area contributed by atoms with Crippen molar-refractivity contribution in [1.82, 2.24) is 5.32 Å². The maximum Gasteiger partial charge on any atom is 0.341 e. The van der Waals surface area contributed by atoms with Crippen molar-refractivity contribution in [1.29, 1.82) is 0 Å². The molecule has 260 valence electrons. The van der Waals surface area contributed by atoms with Gasteiger partial charge in [-0.25, -0.2) is 4.79 Å². The maximum absolute atomic E-state index is 13.6. The number of methoxy groups -OCH3 is 1. The normalized spacial score (nSPS) is 11.6. The quantitative estimate of drug-likeness (QED) is 0.0634. The number of ether oxygens (including phenoxy) is 2. The zero-order valence-corrected chi connectivity index (χ0v) is 30.2. The fourth-order valence-corrected chi connectivity index (χ4v) is 6.85.